The van der Waals surface area contributed by atoms with Crippen LogP contribution in [0.1, 0.15) is 18.4 Å². The minimum Gasteiger partial charge on any atom is -0.382 e. The normalized spacial score (nSPS) is 27.5. The van der Waals surface area contributed by atoms with Gasteiger partial charge in [0.15, 0.2) is 0 Å². The van der Waals surface area contributed by atoms with Crippen molar-refractivity contribution in [3.8, 4) is 0 Å². The number of para-hydroxylation sites is 1. The van der Waals surface area contributed by atoms with Crippen LogP contribution in [0.5, 0.6) is 0 Å². The molecule has 1 saturated heterocycles. The van der Waals surface area contributed by atoms with E-state index in [1.165, 1.54) is 17.7 Å². The van der Waals surface area contributed by atoms with E-state index in [1.54, 1.807) is 0 Å². The van der Waals surface area contributed by atoms with Gasteiger partial charge in [-0.2, -0.15) is 0 Å². The molecule has 3 rings (SSSR count). The van der Waals surface area contributed by atoms with Gasteiger partial charge in [0, 0.05) is 25.3 Å². The second-order valence-electron chi connectivity index (χ2n) is 4.83. The molecule has 1 aromatic carbocycles. The first-order chi connectivity index (χ1) is 8.42. The van der Waals surface area contributed by atoms with Crippen LogP contribution in [0.25, 0.3) is 0 Å². The van der Waals surface area contributed by atoms with E-state index in [9.17, 15) is 0 Å². The minimum atomic E-state index is 0.286. The average Bonchev–Trinajstić information content (AvgIpc) is 2.89. The zero-order valence-corrected chi connectivity index (χ0v) is 10.0. The fourth-order valence-electron chi connectivity index (χ4n) is 2.55. The van der Waals surface area contributed by atoms with Crippen molar-refractivity contribution in [3.63, 3.8) is 0 Å². The topological polar surface area (TPSA) is 30.5 Å². The molecule has 0 aliphatic carbocycles. The highest BCUT2D eigenvalue weighted by atomic mass is 16.5. The fourth-order valence-corrected chi connectivity index (χ4v) is 2.55. The molecule has 17 heavy (non-hydrogen) atoms. The number of hydrogen-bond donors (Lipinski definition) is 1. The van der Waals surface area contributed by atoms with Crippen molar-refractivity contribution in [2.24, 2.45) is 0 Å². The Kier molecular flexibility index (Phi) is 3.29. The zero-order chi connectivity index (χ0) is 11.5. The van der Waals surface area contributed by atoms with Crippen LogP contribution in [0.4, 0.5) is 5.69 Å². The first-order valence-electron chi connectivity index (χ1n) is 6.47. The second kappa shape index (κ2) is 5.07. The van der Waals surface area contributed by atoms with E-state index in [0.29, 0.717) is 6.10 Å². The molecule has 2 atom stereocenters. The van der Waals surface area contributed by atoms with Crippen molar-refractivity contribution in [2.45, 2.75) is 31.5 Å². The summed E-state index contributed by atoms with van der Waals surface area (Å²) < 4.78 is 11.5. The Morgan fingerprint density at radius 1 is 1.35 bits per heavy atom. The largest absolute Gasteiger partial charge is 0.382 e. The lowest BCUT2D eigenvalue weighted by molar-refractivity contribution is -0.0163. The quantitative estimate of drug-likeness (QED) is 0.868. The Morgan fingerprint density at radius 3 is 3.18 bits per heavy atom. The van der Waals surface area contributed by atoms with Gasteiger partial charge in [-0.15, -0.1) is 0 Å². The Hall–Kier alpha value is -1.06. The van der Waals surface area contributed by atoms with Gasteiger partial charge in [0.05, 0.1) is 18.8 Å². The molecule has 1 aromatic rings. The summed E-state index contributed by atoms with van der Waals surface area (Å²) in [6.07, 6.45) is 3.95. The summed E-state index contributed by atoms with van der Waals surface area (Å²) in [4.78, 5) is 0. The molecule has 0 spiro atoms. The van der Waals surface area contributed by atoms with Crippen LogP contribution in [-0.2, 0) is 15.9 Å². The van der Waals surface area contributed by atoms with Crippen LogP contribution >= 0.6 is 0 Å². The Bertz CT molecular complexity index is 374. The zero-order valence-electron chi connectivity index (χ0n) is 10.0. The van der Waals surface area contributed by atoms with E-state index >= 15 is 0 Å². The van der Waals surface area contributed by atoms with E-state index < -0.39 is 0 Å². The number of fused-ring (bicyclic) bond motifs is 1. The molecule has 0 radical (unpaired) electrons. The predicted molar refractivity (Wildman–Crippen MR) is 67.3 cm³/mol. The van der Waals surface area contributed by atoms with Crippen LogP contribution in [0.3, 0.4) is 0 Å². The van der Waals surface area contributed by atoms with Crippen LogP contribution < -0.4 is 5.32 Å². The summed E-state index contributed by atoms with van der Waals surface area (Å²) in [7, 11) is 0. The molecule has 1 fully saturated rings. The molecule has 2 heterocycles. The summed E-state index contributed by atoms with van der Waals surface area (Å²) in [5.74, 6) is 0. The third kappa shape index (κ3) is 2.61. The van der Waals surface area contributed by atoms with Gasteiger partial charge in [-0.05, 0) is 24.5 Å². The highest BCUT2D eigenvalue weighted by Crippen LogP contribution is 2.23. The Balaban J connectivity index is 1.53. The third-order valence-corrected chi connectivity index (χ3v) is 3.53. The monoisotopic (exact) mass is 233 g/mol. The lowest BCUT2D eigenvalue weighted by Gasteiger charge is -2.27. The highest BCUT2D eigenvalue weighted by Gasteiger charge is 2.21. The van der Waals surface area contributed by atoms with Gasteiger partial charge < -0.3 is 14.8 Å². The number of hydrogen-bond acceptors (Lipinski definition) is 3. The standard InChI is InChI=1S/C14H19NO2/c1-2-6-14-11(4-1)8-13(9-15-14)17-10-12-5-3-7-16-12/h1-2,4,6,12-13,15H,3,5,7-10H2. The first-order valence-corrected chi connectivity index (χ1v) is 6.47. The maximum Gasteiger partial charge on any atom is 0.0809 e. The van der Waals surface area contributed by atoms with Gasteiger partial charge in [0.1, 0.15) is 0 Å². The molecule has 2 aliphatic rings. The van der Waals surface area contributed by atoms with E-state index in [-0.39, 0.29) is 6.10 Å². The van der Waals surface area contributed by atoms with Gasteiger partial charge in [-0.25, -0.2) is 0 Å². The summed E-state index contributed by atoms with van der Waals surface area (Å²) >= 11 is 0. The number of anilines is 1. The van der Waals surface area contributed by atoms with Crippen LogP contribution in [-0.4, -0.2) is 32.0 Å². The summed E-state index contributed by atoms with van der Waals surface area (Å²) in [5.41, 5.74) is 2.61. The van der Waals surface area contributed by atoms with Gasteiger partial charge in [-0.3, -0.25) is 0 Å². The Labute approximate surface area is 102 Å². The molecule has 0 saturated carbocycles. The van der Waals surface area contributed by atoms with Crippen molar-refractivity contribution >= 4 is 5.69 Å². The maximum atomic E-state index is 5.94. The van der Waals surface area contributed by atoms with E-state index in [0.717, 1.165) is 32.6 Å². The van der Waals surface area contributed by atoms with Crippen LogP contribution in [0.2, 0.25) is 0 Å². The molecule has 3 nitrogen and oxygen atoms in total. The van der Waals surface area contributed by atoms with Gasteiger partial charge in [0.2, 0.25) is 0 Å². The van der Waals surface area contributed by atoms with Gasteiger partial charge in [0.25, 0.3) is 0 Å². The second-order valence-corrected chi connectivity index (χ2v) is 4.83. The number of nitrogens with one attached hydrogen (secondary N) is 1. The molecule has 2 unspecified atom stereocenters. The van der Waals surface area contributed by atoms with Crippen molar-refractivity contribution in [1.82, 2.24) is 0 Å². The highest BCUT2D eigenvalue weighted by molar-refractivity contribution is 5.53. The van der Waals surface area contributed by atoms with Crippen molar-refractivity contribution in [1.29, 1.82) is 0 Å². The van der Waals surface area contributed by atoms with Crippen molar-refractivity contribution in [2.75, 3.05) is 25.1 Å². The van der Waals surface area contributed by atoms with Crippen LogP contribution in [0.15, 0.2) is 24.3 Å². The molecule has 3 heteroatoms. The molecule has 1 N–H and O–H groups in total. The van der Waals surface area contributed by atoms with Crippen LogP contribution in [0, 0.1) is 0 Å². The van der Waals surface area contributed by atoms with E-state index in [2.05, 4.69) is 29.6 Å². The average molecular weight is 233 g/mol. The van der Waals surface area contributed by atoms with Crippen molar-refractivity contribution < 1.29 is 9.47 Å². The molecule has 0 aromatic heterocycles. The molecule has 92 valence electrons. The van der Waals surface area contributed by atoms with Crippen molar-refractivity contribution in [3.05, 3.63) is 29.8 Å². The van der Waals surface area contributed by atoms with E-state index in [1.807, 2.05) is 0 Å². The summed E-state index contributed by atoms with van der Waals surface area (Å²) in [6.45, 7) is 2.55. The lowest BCUT2D eigenvalue weighted by Crippen LogP contribution is -2.32. The van der Waals surface area contributed by atoms with Gasteiger partial charge >= 0.3 is 0 Å². The van der Waals surface area contributed by atoms with Gasteiger partial charge in [-0.1, -0.05) is 18.2 Å². The fraction of sp³-hybridized carbons (Fsp3) is 0.571. The molecular weight excluding hydrogens is 214 g/mol. The third-order valence-electron chi connectivity index (χ3n) is 3.53. The number of benzene rings is 1. The Morgan fingerprint density at radius 2 is 2.29 bits per heavy atom. The summed E-state index contributed by atoms with van der Waals surface area (Å²) in [6, 6.07) is 8.46. The lowest BCUT2D eigenvalue weighted by atomic mass is 10.0. The molecule has 2 aliphatic heterocycles. The maximum absolute atomic E-state index is 5.94. The number of rotatable bonds is 3. The summed E-state index contributed by atoms with van der Waals surface area (Å²) in [5, 5.41) is 3.42. The SMILES string of the molecule is c1ccc2c(c1)CC(OCC1CCCO1)CN2. The minimum absolute atomic E-state index is 0.286. The smallest absolute Gasteiger partial charge is 0.0809 e. The molecular formula is C14H19NO2. The number of ether oxygens (including phenoxy) is 2. The van der Waals surface area contributed by atoms with E-state index in [4.69, 9.17) is 9.47 Å². The molecule has 0 bridgehead atoms. The molecule has 0 amide bonds. The predicted octanol–water partition coefficient (Wildman–Crippen LogP) is 2.22. The first kappa shape index (κ1) is 11.1.